The summed E-state index contributed by atoms with van der Waals surface area (Å²) in [6.07, 6.45) is 6.23. The average molecular weight is 429 g/mol. The Labute approximate surface area is 184 Å². The smallest absolute Gasteiger partial charge is 0.150 e. The molecule has 2 aromatic carbocycles. The Hall–Kier alpha value is -2.70. The third-order valence-corrected chi connectivity index (χ3v) is 5.03. The molecule has 0 bridgehead atoms. The average Bonchev–Trinajstić information content (AvgIpc) is 2.82. The van der Waals surface area contributed by atoms with E-state index in [1.807, 2.05) is 12.1 Å². The van der Waals surface area contributed by atoms with Crippen LogP contribution in [0.15, 0.2) is 48.5 Å². The number of phenols is 1. The van der Waals surface area contributed by atoms with E-state index in [4.69, 9.17) is 19.3 Å². The number of hydrogen-bond donors (Lipinski definition) is 1. The van der Waals surface area contributed by atoms with Crippen LogP contribution in [0.3, 0.4) is 0 Å². The van der Waals surface area contributed by atoms with E-state index in [0.717, 1.165) is 63.5 Å². The molecule has 0 aromatic heterocycles. The Morgan fingerprint density at radius 3 is 1.65 bits per heavy atom. The molecule has 0 aliphatic carbocycles. The maximum absolute atomic E-state index is 10.5. The summed E-state index contributed by atoms with van der Waals surface area (Å²) in [5.41, 5.74) is 1.25. The highest BCUT2D eigenvalue weighted by Crippen LogP contribution is 2.18. The molecule has 2 aromatic rings. The number of aldehydes is 2. The molecule has 0 unspecified atom stereocenters. The Morgan fingerprint density at radius 2 is 1.23 bits per heavy atom. The number of aromatic hydroxyl groups is 1. The van der Waals surface area contributed by atoms with E-state index in [9.17, 15) is 9.59 Å². The molecule has 0 spiro atoms. The summed E-state index contributed by atoms with van der Waals surface area (Å²) in [5.74, 6) is 1.92. The first-order valence-electron chi connectivity index (χ1n) is 10.7. The van der Waals surface area contributed by atoms with Crippen LogP contribution in [-0.2, 0) is 9.47 Å². The minimum absolute atomic E-state index is 0.181. The molecule has 31 heavy (non-hydrogen) atoms. The molecule has 2 heterocycles. The van der Waals surface area contributed by atoms with Crippen LogP contribution in [0.4, 0.5) is 0 Å². The fourth-order valence-corrected chi connectivity index (χ4v) is 2.98. The second kappa shape index (κ2) is 14.3. The van der Waals surface area contributed by atoms with Gasteiger partial charge in [0.1, 0.15) is 30.2 Å². The molecular formula is C25H32O6. The molecule has 0 radical (unpaired) electrons. The zero-order valence-corrected chi connectivity index (χ0v) is 18.1. The predicted molar refractivity (Wildman–Crippen MR) is 119 cm³/mol. The van der Waals surface area contributed by atoms with Gasteiger partial charge in [-0.1, -0.05) is 6.92 Å². The van der Waals surface area contributed by atoms with Gasteiger partial charge in [0.15, 0.2) is 0 Å². The van der Waals surface area contributed by atoms with Crippen LogP contribution in [-0.4, -0.2) is 50.2 Å². The summed E-state index contributed by atoms with van der Waals surface area (Å²) in [5, 5.41) is 8.74. The van der Waals surface area contributed by atoms with Crippen molar-refractivity contribution < 1.29 is 28.9 Å². The van der Waals surface area contributed by atoms with Crippen molar-refractivity contribution in [3.8, 4) is 11.5 Å². The quantitative estimate of drug-likeness (QED) is 0.711. The predicted octanol–water partition coefficient (Wildman–Crippen LogP) is 4.69. The van der Waals surface area contributed by atoms with Crippen LogP contribution in [0.1, 0.15) is 53.3 Å². The summed E-state index contributed by atoms with van der Waals surface area (Å²) in [7, 11) is 0. The van der Waals surface area contributed by atoms with Crippen molar-refractivity contribution in [2.75, 3.05) is 26.4 Å². The summed E-state index contributed by atoms with van der Waals surface area (Å²) < 4.78 is 16.1. The van der Waals surface area contributed by atoms with E-state index in [-0.39, 0.29) is 11.9 Å². The lowest BCUT2D eigenvalue weighted by atomic mass is 10.0. The lowest BCUT2D eigenvalue weighted by Gasteiger charge is -2.23. The van der Waals surface area contributed by atoms with Crippen LogP contribution >= 0.6 is 0 Å². The van der Waals surface area contributed by atoms with Crippen LogP contribution in [0.25, 0.3) is 0 Å². The monoisotopic (exact) mass is 428 g/mol. The van der Waals surface area contributed by atoms with Crippen molar-refractivity contribution in [1.29, 1.82) is 0 Å². The molecule has 2 aliphatic heterocycles. The molecule has 6 nitrogen and oxygen atoms in total. The molecule has 0 amide bonds. The number of ether oxygens (including phenoxy) is 3. The van der Waals surface area contributed by atoms with E-state index in [0.29, 0.717) is 11.1 Å². The number of benzene rings is 2. The van der Waals surface area contributed by atoms with Crippen molar-refractivity contribution >= 4 is 12.6 Å². The van der Waals surface area contributed by atoms with Gasteiger partial charge in [-0.05, 0) is 67.3 Å². The summed E-state index contributed by atoms with van der Waals surface area (Å²) in [6, 6.07) is 13.3. The molecule has 0 saturated carbocycles. The van der Waals surface area contributed by atoms with Crippen molar-refractivity contribution in [3.05, 3.63) is 59.7 Å². The maximum Gasteiger partial charge on any atom is 0.150 e. The SMILES string of the molecule is CC1CCOCC1.O=Cc1ccc(O)cc1.O=Cc1ccc(OC2CCOCC2)cc1. The highest BCUT2D eigenvalue weighted by atomic mass is 16.5. The maximum atomic E-state index is 10.5. The van der Waals surface area contributed by atoms with Gasteiger partial charge in [0.05, 0.1) is 13.2 Å². The van der Waals surface area contributed by atoms with Crippen LogP contribution < -0.4 is 4.74 Å². The van der Waals surface area contributed by atoms with Gasteiger partial charge in [0.25, 0.3) is 0 Å². The van der Waals surface area contributed by atoms with Crippen molar-refractivity contribution in [1.82, 2.24) is 0 Å². The molecular weight excluding hydrogens is 396 g/mol. The van der Waals surface area contributed by atoms with Gasteiger partial charge in [0, 0.05) is 37.2 Å². The standard InChI is InChI=1S/C12H14O3.C7H6O2.C6H12O/c13-9-10-1-3-11(4-2-10)15-12-5-7-14-8-6-12;8-5-6-1-3-7(9)4-2-6;1-6-2-4-7-5-3-6/h1-4,9,12H,5-8H2;1-5,9H;6H,2-5H2,1H3. The first kappa shape index (κ1) is 24.6. The summed E-state index contributed by atoms with van der Waals surface area (Å²) in [4.78, 5) is 20.5. The van der Waals surface area contributed by atoms with Crippen LogP contribution in [0.5, 0.6) is 11.5 Å². The zero-order chi connectivity index (χ0) is 22.3. The zero-order valence-electron chi connectivity index (χ0n) is 18.1. The molecule has 0 atom stereocenters. The Balaban J connectivity index is 0.000000181. The highest BCUT2D eigenvalue weighted by molar-refractivity contribution is 5.75. The number of hydrogen-bond acceptors (Lipinski definition) is 6. The highest BCUT2D eigenvalue weighted by Gasteiger charge is 2.14. The van der Waals surface area contributed by atoms with Crippen molar-refractivity contribution in [3.63, 3.8) is 0 Å². The van der Waals surface area contributed by atoms with Crippen LogP contribution in [0.2, 0.25) is 0 Å². The van der Waals surface area contributed by atoms with Crippen LogP contribution in [0, 0.1) is 5.92 Å². The first-order chi connectivity index (χ1) is 15.1. The van der Waals surface area contributed by atoms with Gasteiger partial charge in [0.2, 0.25) is 0 Å². The third kappa shape index (κ3) is 10.2. The van der Waals surface area contributed by atoms with E-state index < -0.39 is 0 Å². The van der Waals surface area contributed by atoms with E-state index in [1.165, 1.54) is 25.0 Å². The number of rotatable bonds is 4. The van der Waals surface area contributed by atoms with Crippen molar-refractivity contribution in [2.45, 2.75) is 38.7 Å². The van der Waals surface area contributed by atoms with Gasteiger partial charge in [-0.2, -0.15) is 0 Å². The fourth-order valence-electron chi connectivity index (χ4n) is 2.98. The minimum Gasteiger partial charge on any atom is -0.508 e. The topological polar surface area (TPSA) is 82.1 Å². The molecule has 6 heteroatoms. The fraction of sp³-hybridized carbons (Fsp3) is 0.440. The molecule has 1 N–H and O–H groups in total. The van der Waals surface area contributed by atoms with Gasteiger partial charge in [-0.25, -0.2) is 0 Å². The number of carbonyl (C=O) groups is 2. The lowest BCUT2D eigenvalue weighted by Crippen LogP contribution is -2.25. The third-order valence-electron chi connectivity index (χ3n) is 5.03. The lowest BCUT2D eigenvalue weighted by molar-refractivity contribution is 0.0255. The van der Waals surface area contributed by atoms with Gasteiger partial charge in [-0.3, -0.25) is 9.59 Å². The largest absolute Gasteiger partial charge is 0.508 e. The normalized spacial score (nSPS) is 16.7. The summed E-state index contributed by atoms with van der Waals surface area (Å²) in [6.45, 7) is 5.80. The Kier molecular flexibility index (Phi) is 11.4. The van der Waals surface area contributed by atoms with E-state index in [1.54, 1.807) is 24.3 Å². The summed E-state index contributed by atoms with van der Waals surface area (Å²) >= 11 is 0. The van der Waals surface area contributed by atoms with Crippen molar-refractivity contribution in [2.24, 2.45) is 5.92 Å². The second-order valence-corrected chi connectivity index (χ2v) is 7.62. The van der Waals surface area contributed by atoms with Gasteiger partial charge < -0.3 is 19.3 Å². The van der Waals surface area contributed by atoms with E-state index in [2.05, 4.69) is 6.92 Å². The first-order valence-corrected chi connectivity index (χ1v) is 10.7. The minimum atomic E-state index is 0.181. The molecule has 2 fully saturated rings. The molecule has 2 saturated heterocycles. The molecule has 4 rings (SSSR count). The molecule has 2 aliphatic rings. The Bertz CT molecular complexity index is 745. The van der Waals surface area contributed by atoms with E-state index >= 15 is 0 Å². The second-order valence-electron chi connectivity index (χ2n) is 7.62. The number of phenolic OH excluding ortho intramolecular Hbond substituents is 1. The van der Waals surface area contributed by atoms with Gasteiger partial charge >= 0.3 is 0 Å². The van der Waals surface area contributed by atoms with Gasteiger partial charge in [-0.15, -0.1) is 0 Å². The Morgan fingerprint density at radius 1 is 0.774 bits per heavy atom. The molecule has 168 valence electrons. The number of carbonyl (C=O) groups excluding carboxylic acids is 2.